The molecule has 1 amide bonds. The minimum absolute atomic E-state index is 0.0941. The Labute approximate surface area is 180 Å². The van der Waals surface area contributed by atoms with Crippen LogP contribution in [0.3, 0.4) is 0 Å². The van der Waals surface area contributed by atoms with Crippen LogP contribution in [-0.4, -0.2) is 49.1 Å². The number of amides is 1. The van der Waals surface area contributed by atoms with Gasteiger partial charge in [0.1, 0.15) is 22.9 Å². The van der Waals surface area contributed by atoms with Gasteiger partial charge in [0.15, 0.2) is 6.61 Å². The molecule has 164 valence electrons. The van der Waals surface area contributed by atoms with Gasteiger partial charge in [0, 0.05) is 49.0 Å². The molecule has 32 heavy (non-hydrogen) atoms. The first-order valence-electron chi connectivity index (χ1n) is 9.95. The number of alkyl halides is 3. The Hall–Kier alpha value is -3.82. The normalized spacial score (nSPS) is 13.9. The zero-order valence-electron chi connectivity index (χ0n) is 16.8. The number of hydrogen-bond donors (Lipinski definition) is 0. The lowest BCUT2D eigenvalue weighted by Crippen LogP contribution is -2.38. The molecule has 0 spiro atoms. The Bertz CT molecular complexity index is 1290. The molecule has 3 aromatic heterocycles. The number of carbonyl (C=O) groups is 1. The average molecular weight is 441 g/mol. The highest BCUT2D eigenvalue weighted by molar-refractivity contribution is 5.94. The van der Waals surface area contributed by atoms with Gasteiger partial charge < -0.3 is 18.6 Å². The number of imidazole rings is 2. The lowest BCUT2D eigenvalue weighted by Gasteiger charge is -2.26. The number of para-hydroxylation sites is 1. The largest absolute Gasteiger partial charge is 0.483 e. The number of fused-ring (bicyclic) bond motifs is 2. The van der Waals surface area contributed by atoms with Crippen LogP contribution in [0.5, 0.6) is 5.75 Å². The fourth-order valence-electron chi connectivity index (χ4n) is 3.81. The molecule has 0 unspecified atom stereocenters. The molecule has 0 radical (unpaired) electrons. The molecule has 0 aliphatic carbocycles. The van der Waals surface area contributed by atoms with E-state index in [0.717, 1.165) is 5.82 Å². The zero-order chi connectivity index (χ0) is 22.3. The van der Waals surface area contributed by atoms with E-state index in [1.807, 2.05) is 10.8 Å². The van der Waals surface area contributed by atoms with E-state index in [1.165, 1.54) is 6.07 Å². The topological polar surface area (TPSA) is 64.7 Å². The Morgan fingerprint density at radius 1 is 1.06 bits per heavy atom. The van der Waals surface area contributed by atoms with Gasteiger partial charge in [0.2, 0.25) is 0 Å². The smallest absolute Gasteiger partial charge is 0.422 e. The molecule has 10 heteroatoms. The Kier molecular flexibility index (Phi) is 4.84. The minimum Gasteiger partial charge on any atom is -0.483 e. The van der Waals surface area contributed by atoms with Crippen molar-refractivity contribution in [3.05, 3.63) is 72.7 Å². The third kappa shape index (κ3) is 3.79. The summed E-state index contributed by atoms with van der Waals surface area (Å²) < 4.78 is 46.8. The summed E-state index contributed by atoms with van der Waals surface area (Å²) in [5.74, 6) is 0.678. The van der Waals surface area contributed by atoms with Crippen LogP contribution >= 0.6 is 0 Å². The van der Waals surface area contributed by atoms with Crippen molar-refractivity contribution < 1.29 is 22.7 Å². The van der Waals surface area contributed by atoms with Crippen LogP contribution in [0.25, 0.3) is 16.8 Å². The fraction of sp³-hybridized carbons (Fsp3) is 0.227. The molecule has 0 atom stereocenters. The van der Waals surface area contributed by atoms with Crippen LogP contribution in [0, 0.1) is 0 Å². The predicted molar refractivity (Wildman–Crippen MR) is 109 cm³/mol. The van der Waals surface area contributed by atoms with Gasteiger partial charge in [-0.2, -0.15) is 13.2 Å². The second-order valence-electron chi connectivity index (χ2n) is 7.44. The van der Waals surface area contributed by atoms with Crippen molar-refractivity contribution in [3.8, 4) is 16.9 Å². The standard InChI is InChI=1S/C22H18F3N5O2/c23-22(24,25)14-32-18-6-2-1-4-15(18)16-5-3-8-29-12-17(27-20(16)29)21(31)30-11-10-28-9-7-26-19(28)13-30/h1-9,12H,10-11,13-14H2. The van der Waals surface area contributed by atoms with Gasteiger partial charge in [-0.25, -0.2) is 9.97 Å². The Morgan fingerprint density at radius 2 is 1.88 bits per heavy atom. The minimum atomic E-state index is -4.45. The number of rotatable bonds is 4. The van der Waals surface area contributed by atoms with Gasteiger partial charge in [-0.1, -0.05) is 18.2 Å². The third-order valence-corrected chi connectivity index (χ3v) is 5.30. The van der Waals surface area contributed by atoms with Crippen molar-refractivity contribution >= 4 is 11.6 Å². The molecule has 4 aromatic rings. The molecule has 0 saturated heterocycles. The SMILES string of the molecule is O=C(c1cn2cccc(-c3ccccc3OCC(F)(F)F)c2n1)N1CCn2ccnc2C1. The molecular formula is C22H18F3N5O2. The van der Waals surface area contributed by atoms with E-state index in [-0.39, 0.29) is 17.4 Å². The Morgan fingerprint density at radius 3 is 2.72 bits per heavy atom. The summed E-state index contributed by atoms with van der Waals surface area (Å²) in [6.07, 6.45) is 2.51. The van der Waals surface area contributed by atoms with Crippen molar-refractivity contribution in [2.45, 2.75) is 19.3 Å². The summed E-state index contributed by atoms with van der Waals surface area (Å²) in [5.41, 5.74) is 1.74. The van der Waals surface area contributed by atoms with Gasteiger partial charge in [0.05, 0.1) is 6.54 Å². The van der Waals surface area contributed by atoms with Crippen LogP contribution in [-0.2, 0) is 13.1 Å². The van der Waals surface area contributed by atoms with Crippen LogP contribution in [0.1, 0.15) is 16.3 Å². The second-order valence-corrected chi connectivity index (χ2v) is 7.44. The molecular weight excluding hydrogens is 423 g/mol. The third-order valence-electron chi connectivity index (χ3n) is 5.30. The maximum atomic E-state index is 13.1. The first kappa shape index (κ1) is 20.1. The number of aromatic nitrogens is 4. The van der Waals surface area contributed by atoms with Crippen molar-refractivity contribution in [2.75, 3.05) is 13.2 Å². The first-order chi connectivity index (χ1) is 15.4. The summed E-state index contributed by atoms with van der Waals surface area (Å²) in [5, 5.41) is 0. The molecule has 7 nitrogen and oxygen atoms in total. The van der Waals surface area contributed by atoms with Crippen molar-refractivity contribution in [2.24, 2.45) is 0 Å². The highest BCUT2D eigenvalue weighted by Crippen LogP contribution is 2.33. The number of halogens is 3. The number of nitrogens with zero attached hydrogens (tertiary/aromatic N) is 5. The van der Waals surface area contributed by atoms with E-state index in [4.69, 9.17) is 4.74 Å². The van der Waals surface area contributed by atoms with Crippen molar-refractivity contribution in [1.29, 1.82) is 0 Å². The van der Waals surface area contributed by atoms with Gasteiger partial charge in [-0.15, -0.1) is 0 Å². The highest BCUT2D eigenvalue weighted by atomic mass is 19.4. The monoisotopic (exact) mass is 441 g/mol. The lowest BCUT2D eigenvalue weighted by atomic mass is 10.1. The van der Waals surface area contributed by atoms with Crippen molar-refractivity contribution in [1.82, 2.24) is 23.8 Å². The zero-order valence-corrected chi connectivity index (χ0v) is 16.8. The van der Waals surface area contributed by atoms with Crippen LogP contribution in [0.2, 0.25) is 0 Å². The van der Waals surface area contributed by atoms with Gasteiger partial charge in [-0.05, 0) is 18.2 Å². The van der Waals surface area contributed by atoms with Gasteiger partial charge in [-0.3, -0.25) is 4.79 Å². The predicted octanol–water partition coefficient (Wildman–Crippen LogP) is 3.79. The maximum Gasteiger partial charge on any atom is 0.422 e. The molecule has 5 rings (SSSR count). The van der Waals surface area contributed by atoms with E-state index in [2.05, 4.69) is 9.97 Å². The van der Waals surface area contributed by atoms with E-state index in [9.17, 15) is 18.0 Å². The van der Waals surface area contributed by atoms with E-state index in [1.54, 1.807) is 58.2 Å². The number of benzene rings is 1. The number of carbonyl (C=O) groups excluding carboxylic acids is 1. The molecule has 0 bridgehead atoms. The maximum absolute atomic E-state index is 13.1. The van der Waals surface area contributed by atoms with Crippen molar-refractivity contribution in [3.63, 3.8) is 0 Å². The second kappa shape index (κ2) is 7.70. The summed E-state index contributed by atoms with van der Waals surface area (Å²) in [4.78, 5) is 23.6. The summed E-state index contributed by atoms with van der Waals surface area (Å²) in [6.45, 7) is 0.192. The summed E-state index contributed by atoms with van der Waals surface area (Å²) in [6, 6.07) is 9.96. The first-order valence-corrected chi connectivity index (χ1v) is 9.95. The molecule has 1 aliphatic heterocycles. The van der Waals surface area contributed by atoms with Crippen LogP contribution in [0.4, 0.5) is 13.2 Å². The summed E-state index contributed by atoms with van der Waals surface area (Å²) >= 11 is 0. The number of hydrogen-bond acceptors (Lipinski definition) is 4. The molecule has 0 saturated carbocycles. The van der Waals surface area contributed by atoms with E-state index >= 15 is 0 Å². The van der Waals surface area contributed by atoms with E-state index in [0.29, 0.717) is 36.4 Å². The molecule has 4 heterocycles. The number of pyridine rings is 1. The highest BCUT2D eigenvalue weighted by Gasteiger charge is 2.29. The van der Waals surface area contributed by atoms with Gasteiger partial charge in [0.25, 0.3) is 5.91 Å². The molecule has 1 aliphatic rings. The molecule has 1 aromatic carbocycles. The summed E-state index contributed by atoms with van der Waals surface area (Å²) in [7, 11) is 0. The Balaban J connectivity index is 1.48. The fourth-order valence-corrected chi connectivity index (χ4v) is 3.81. The molecule has 0 fully saturated rings. The average Bonchev–Trinajstić information content (AvgIpc) is 3.43. The van der Waals surface area contributed by atoms with Gasteiger partial charge >= 0.3 is 6.18 Å². The van der Waals surface area contributed by atoms with E-state index < -0.39 is 12.8 Å². The molecule has 0 N–H and O–H groups in total. The quantitative estimate of drug-likeness (QED) is 0.483. The number of ether oxygens (including phenoxy) is 1. The lowest BCUT2D eigenvalue weighted by molar-refractivity contribution is -0.153. The van der Waals surface area contributed by atoms with Crippen LogP contribution < -0.4 is 4.74 Å². The van der Waals surface area contributed by atoms with Crippen LogP contribution in [0.15, 0.2) is 61.2 Å².